The van der Waals surface area contributed by atoms with Crippen LogP contribution in [0.15, 0.2) is 22.0 Å². The van der Waals surface area contributed by atoms with Crippen LogP contribution >= 0.6 is 11.3 Å². The molecule has 2 N–H and O–H groups in total. The van der Waals surface area contributed by atoms with Crippen molar-refractivity contribution in [1.82, 2.24) is 10.1 Å². The smallest absolute Gasteiger partial charge is 0.228 e. The predicted octanol–water partition coefficient (Wildman–Crippen LogP) is 2.15. The van der Waals surface area contributed by atoms with Gasteiger partial charge in [0.15, 0.2) is 5.82 Å². The lowest BCUT2D eigenvalue weighted by atomic mass is 9.75. The fraction of sp³-hybridized carbons (Fsp3) is 0.500. The monoisotopic (exact) mass is 249 g/mol. The molecule has 17 heavy (non-hydrogen) atoms. The van der Waals surface area contributed by atoms with Crippen molar-refractivity contribution in [2.75, 3.05) is 0 Å². The average molecular weight is 249 g/mol. The van der Waals surface area contributed by atoms with Gasteiger partial charge >= 0.3 is 0 Å². The van der Waals surface area contributed by atoms with Crippen molar-refractivity contribution in [3.63, 3.8) is 0 Å². The SMILES string of the molecule is NC1(Cc2nc(Cc3cccs3)no2)CCC1. The Hall–Kier alpha value is -1.20. The lowest BCUT2D eigenvalue weighted by Gasteiger charge is -2.36. The van der Waals surface area contributed by atoms with Crippen molar-refractivity contribution in [3.8, 4) is 0 Å². The van der Waals surface area contributed by atoms with E-state index >= 15 is 0 Å². The van der Waals surface area contributed by atoms with Gasteiger partial charge in [0.2, 0.25) is 5.89 Å². The molecule has 2 heterocycles. The quantitative estimate of drug-likeness (QED) is 0.901. The van der Waals surface area contributed by atoms with Crippen LogP contribution in [0.1, 0.15) is 35.9 Å². The van der Waals surface area contributed by atoms with Crippen LogP contribution in [0.5, 0.6) is 0 Å². The Morgan fingerprint density at radius 2 is 2.35 bits per heavy atom. The Bertz CT molecular complexity index is 488. The molecule has 0 saturated heterocycles. The molecule has 0 radical (unpaired) electrons. The van der Waals surface area contributed by atoms with E-state index in [-0.39, 0.29) is 5.54 Å². The highest BCUT2D eigenvalue weighted by atomic mass is 32.1. The number of rotatable bonds is 4. The molecule has 0 amide bonds. The second-order valence-electron chi connectivity index (χ2n) is 4.75. The molecule has 4 nitrogen and oxygen atoms in total. The molecule has 90 valence electrons. The topological polar surface area (TPSA) is 64.9 Å². The average Bonchev–Trinajstić information content (AvgIpc) is 2.89. The zero-order chi connectivity index (χ0) is 11.7. The molecule has 1 aliphatic rings. The van der Waals surface area contributed by atoms with Crippen molar-refractivity contribution < 1.29 is 4.52 Å². The van der Waals surface area contributed by atoms with Gasteiger partial charge in [0.05, 0.1) is 0 Å². The summed E-state index contributed by atoms with van der Waals surface area (Å²) in [5, 5.41) is 6.05. The molecule has 3 rings (SSSR count). The maximum Gasteiger partial charge on any atom is 0.228 e. The minimum Gasteiger partial charge on any atom is -0.339 e. The number of nitrogens with zero attached hydrogens (tertiary/aromatic N) is 2. The van der Waals surface area contributed by atoms with Crippen molar-refractivity contribution in [3.05, 3.63) is 34.1 Å². The van der Waals surface area contributed by atoms with Gasteiger partial charge in [-0.2, -0.15) is 4.98 Å². The molecule has 0 unspecified atom stereocenters. The van der Waals surface area contributed by atoms with E-state index in [2.05, 4.69) is 21.6 Å². The van der Waals surface area contributed by atoms with Crippen LogP contribution < -0.4 is 5.73 Å². The van der Waals surface area contributed by atoms with Gasteiger partial charge in [-0.3, -0.25) is 0 Å². The van der Waals surface area contributed by atoms with Gasteiger partial charge in [-0.05, 0) is 30.7 Å². The molecular weight excluding hydrogens is 234 g/mol. The van der Waals surface area contributed by atoms with Crippen molar-refractivity contribution in [1.29, 1.82) is 0 Å². The highest BCUT2D eigenvalue weighted by molar-refractivity contribution is 7.09. The third-order valence-electron chi connectivity index (χ3n) is 3.28. The van der Waals surface area contributed by atoms with Crippen LogP contribution in [0.3, 0.4) is 0 Å². The van der Waals surface area contributed by atoms with Crippen LogP contribution in [0.25, 0.3) is 0 Å². The van der Waals surface area contributed by atoms with Crippen LogP contribution in [0, 0.1) is 0 Å². The fourth-order valence-corrected chi connectivity index (χ4v) is 2.81. The zero-order valence-electron chi connectivity index (χ0n) is 9.56. The van der Waals surface area contributed by atoms with E-state index < -0.39 is 0 Å². The van der Waals surface area contributed by atoms with E-state index in [9.17, 15) is 0 Å². The number of thiophene rings is 1. The predicted molar refractivity (Wildman–Crippen MR) is 65.9 cm³/mol. The first-order valence-corrected chi connectivity index (χ1v) is 6.74. The van der Waals surface area contributed by atoms with Gasteiger partial charge in [-0.15, -0.1) is 11.3 Å². The Morgan fingerprint density at radius 3 is 3.00 bits per heavy atom. The first-order valence-electron chi connectivity index (χ1n) is 5.86. The van der Waals surface area contributed by atoms with Gasteiger partial charge in [0.1, 0.15) is 0 Å². The lowest BCUT2D eigenvalue weighted by molar-refractivity contribution is 0.221. The fourth-order valence-electron chi connectivity index (χ4n) is 2.11. The molecule has 0 aliphatic heterocycles. The van der Waals surface area contributed by atoms with E-state index in [4.69, 9.17) is 10.3 Å². The minimum atomic E-state index is -0.0905. The summed E-state index contributed by atoms with van der Waals surface area (Å²) < 4.78 is 5.25. The number of aromatic nitrogens is 2. The summed E-state index contributed by atoms with van der Waals surface area (Å²) in [6.07, 6.45) is 4.81. The Labute approximate surface area is 104 Å². The summed E-state index contributed by atoms with van der Waals surface area (Å²) in [6.45, 7) is 0. The van der Waals surface area contributed by atoms with Crippen LogP contribution in [-0.2, 0) is 12.8 Å². The highest BCUT2D eigenvalue weighted by Gasteiger charge is 2.34. The molecule has 0 bridgehead atoms. The van der Waals surface area contributed by atoms with E-state index in [0.717, 1.165) is 25.1 Å². The molecule has 5 heteroatoms. The summed E-state index contributed by atoms with van der Waals surface area (Å²) in [4.78, 5) is 5.65. The Morgan fingerprint density at radius 1 is 1.47 bits per heavy atom. The summed E-state index contributed by atoms with van der Waals surface area (Å²) in [6, 6.07) is 4.11. The first-order chi connectivity index (χ1) is 8.23. The van der Waals surface area contributed by atoms with Crippen LogP contribution in [0.4, 0.5) is 0 Å². The summed E-state index contributed by atoms with van der Waals surface area (Å²) in [5.74, 6) is 1.43. The van der Waals surface area contributed by atoms with E-state index in [1.54, 1.807) is 11.3 Å². The number of nitrogens with two attached hydrogens (primary N) is 1. The molecule has 2 aromatic heterocycles. The molecule has 2 aromatic rings. The minimum absolute atomic E-state index is 0.0905. The Balaban J connectivity index is 1.66. The summed E-state index contributed by atoms with van der Waals surface area (Å²) in [7, 11) is 0. The molecule has 1 saturated carbocycles. The zero-order valence-corrected chi connectivity index (χ0v) is 10.4. The van der Waals surface area contributed by atoms with Gasteiger partial charge in [0.25, 0.3) is 0 Å². The van der Waals surface area contributed by atoms with Crippen LogP contribution in [0.2, 0.25) is 0 Å². The highest BCUT2D eigenvalue weighted by Crippen LogP contribution is 2.31. The van der Waals surface area contributed by atoms with Crippen molar-refractivity contribution in [2.24, 2.45) is 5.73 Å². The normalized spacial score (nSPS) is 17.9. The van der Waals surface area contributed by atoms with Gasteiger partial charge in [-0.1, -0.05) is 11.2 Å². The van der Waals surface area contributed by atoms with E-state index in [1.807, 2.05) is 6.07 Å². The third kappa shape index (κ3) is 2.40. The van der Waals surface area contributed by atoms with Crippen molar-refractivity contribution >= 4 is 11.3 Å². The standard InChI is InChI=1S/C12H15N3OS/c13-12(4-2-5-12)8-11-14-10(15-16-11)7-9-3-1-6-17-9/h1,3,6H,2,4-5,7-8,13H2. The summed E-state index contributed by atoms with van der Waals surface area (Å²) in [5.41, 5.74) is 6.06. The Kier molecular flexibility index (Phi) is 2.72. The number of hydrogen-bond acceptors (Lipinski definition) is 5. The van der Waals surface area contributed by atoms with Gasteiger partial charge in [0, 0.05) is 23.3 Å². The van der Waals surface area contributed by atoms with Crippen LogP contribution in [-0.4, -0.2) is 15.7 Å². The molecule has 1 fully saturated rings. The maximum absolute atomic E-state index is 6.15. The first kappa shape index (κ1) is 10.9. The molecule has 1 aliphatic carbocycles. The van der Waals surface area contributed by atoms with Gasteiger partial charge in [-0.25, -0.2) is 0 Å². The summed E-state index contributed by atoms with van der Waals surface area (Å²) >= 11 is 1.71. The van der Waals surface area contributed by atoms with Gasteiger partial charge < -0.3 is 10.3 Å². The maximum atomic E-state index is 6.15. The molecule has 0 atom stereocenters. The second kappa shape index (κ2) is 4.23. The lowest BCUT2D eigenvalue weighted by Crippen LogP contribution is -2.48. The van der Waals surface area contributed by atoms with Crippen molar-refractivity contribution in [2.45, 2.75) is 37.6 Å². The number of hydrogen-bond donors (Lipinski definition) is 1. The van der Waals surface area contributed by atoms with E-state index in [0.29, 0.717) is 12.3 Å². The van der Waals surface area contributed by atoms with E-state index in [1.165, 1.54) is 11.3 Å². The molecular formula is C12H15N3OS. The molecule has 0 spiro atoms. The second-order valence-corrected chi connectivity index (χ2v) is 5.79. The largest absolute Gasteiger partial charge is 0.339 e. The third-order valence-corrected chi connectivity index (χ3v) is 4.15. The molecule has 0 aromatic carbocycles.